The van der Waals surface area contributed by atoms with Crippen molar-refractivity contribution in [3.63, 3.8) is 0 Å². The molecule has 4 aliphatic rings. The lowest BCUT2D eigenvalue weighted by atomic mass is 9.48. The third kappa shape index (κ3) is 3.24. The summed E-state index contributed by atoms with van der Waals surface area (Å²) in [5.74, 6) is 2.32. The smallest absolute Gasteiger partial charge is 0.226 e. The van der Waals surface area contributed by atoms with Crippen molar-refractivity contribution in [3.05, 3.63) is 47.4 Å². The Morgan fingerprint density at radius 3 is 2.80 bits per heavy atom. The second kappa shape index (κ2) is 7.94. The molecule has 0 bridgehead atoms. The van der Waals surface area contributed by atoms with Crippen molar-refractivity contribution in [2.75, 3.05) is 7.05 Å². The molecule has 1 saturated heterocycles. The van der Waals surface area contributed by atoms with Crippen LogP contribution in [0.1, 0.15) is 71.4 Å². The van der Waals surface area contributed by atoms with Gasteiger partial charge >= 0.3 is 0 Å². The predicted octanol–water partition coefficient (Wildman–Crippen LogP) is 4.95. The van der Waals surface area contributed by atoms with E-state index in [4.69, 9.17) is 0 Å². The molecule has 2 saturated carbocycles. The molecule has 2 aromatic heterocycles. The molecule has 0 aromatic carbocycles. The number of fused-ring (bicyclic) bond motifs is 6. The highest BCUT2D eigenvalue weighted by atomic mass is 16.2. The number of hydrogen-bond donors (Lipinski definition) is 1. The molecule has 6 atom stereocenters. The number of carbonyl (C=O) groups excluding carboxylic acids is 2. The van der Waals surface area contributed by atoms with Gasteiger partial charge in [-0.2, -0.15) is 5.10 Å². The standard InChI is InChI=1S/C29H38N4O2/c1-18-16-21-22-8-9-24(27(35)30-17-20-7-5-6-19-12-15-31-33(19)20)28(22,2)13-10-23(21)29(3)14-11-25(34)32(4)26(18)29/h5-7,12,15,21-24H,8-11,13-14,16-17H2,1-4H3,(H,30,35)/t21-,22-,23+,24?,28-,29+/m0/s1. The van der Waals surface area contributed by atoms with Gasteiger partial charge < -0.3 is 10.2 Å². The highest BCUT2D eigenvalue weighted by molar-refractivity contribution is 5.80. The third-order valence-corrected chi connectivity index (χ3v) is 10.6. The average Bonchev–Trinajstić information content (AvgIpc) is 3.45. The first kappa shape index (κ1) is 22.8. The molecule has 3 fully saturated rings. The summed E-state index contributed by atoms with van der Waals surface area (Å²) in [6.07, 6.45) is 8.87. The number of likely N-dealkylation sites (tertiary alicyclic amines) is 1. The maximum absolute atomic E-state index is 13.6. The zero-order valence-corrected chi connectivity index (χ0v) is 21.5. The number of allylic oxidation sites excluding steroid dienone is 2. The van der Waals surface area contributed by atoms with Crippen LogP contribution in [0.3, 0.4) is 0 Å². The Balaban J connectivity index is 1.22. The van der Waals surface area contributed by atoms with Crippen LogP contribution in [0.2, 0.25) is 0 Å². The molecule has 1 unspecified atom stereocenters. The van der Waals surface area contributed by atoms with Crippen LogP contribution in [-0.4, -0.2) is 33.4 Å². The van der Waals surface area contributed by atoms with Gasteiger partial charge in [0, 0.05) is 36.7 Å². The summed E-state index contributed by atoms with van der Waals surface area (Å²) in [6, 6.07) is 8.08. The molecular formula is C29H38N4O2. The van der Waals surface area contributed by atoms with Crippen molar-refractivity contribution in [1.82, 2.24) is 19.8 Å². The lowest BCUT2D eigenvalue weighted by molar-refractivity contribution is -0.138. The molecule has 2 aromatic rings. The molecule has 3 aliphatic carbocycles. The zero-order valence-electron chi connectivity index (χ0n) is 21.5. The van der Waals surface area contributed by atoms with Gasteiger partial charge in [0.05, 0.1) is 17.8 Å². The fourth-order valence-electron chi connectivity index (χ4n) is 8.98. The van der Waals surface area contributed by atoms with Crippen LogP contribution in [0.5, 0.6) is 0 Å². The van der Waals surface area contributed by atoms with E-state index in [0.717, 1.165) is 49.7 Å². The number of amides is 2. The van der Waals surface area contributed by atoms with E-state index < -0.39 is 0 Å². The molecule has 0 radical (unpaired) electrons. The number of nitrogens with one attached hydrogen (secondary N) is 1. The van der Waals surface area contributed by atoms with Crippen LogP contribution in [-0.2, 0) is 16.1 Å². The molecule has 6 nitrogen and oxygen atoms in total. The van der Waals surface area contributed by atoms with E-state index in [1.165, 1.54) is 11.3 Å². The van der Waals surface area contributed by atoms with Gasteiger partial charge in [0.25, 0.3) is 0 Å². The first-order chi connectivity index (χ1) is 16.7. The Labute approximate surface area is 208 Å². The molecule has 3 heterocycles. The minimum atomic E-state index is 0.0491. The largest absolute Gasteiger partial charge is 0.350 e. The highest BCUT2D eigenvalue weighted by Gasteiger charge is 2.61. The van der Waals surface area contributed by atoms with E-state index in [0.29, 0.717) is 30.7 Å². The van der Waals surface area contributed by atoms with Crippen LogP contribution < -0.4 is 5.32 Å². The Morgan fingerprint density at radius 1 is 1.14 bits per heavy atom. The summed E-state index contributed by atoms with van der Waals surface area (Å²) in [7, 11) is 1.98. The highest BCUT2D eigenvalue weighted by Crippen LogP contribution is 2.66. The quantitative estimate of drug-likeness (QED) is 0.685. The molecule has 0 spiro atoms. The van der Waals surface area contributed by atoms with E-state index in [2.05, 4.69) is 31.2 Å². The number of pyridine rings is 1. The topological polar surface area (TPSA) is 66.7 Å². The molecule has 1 aliphatic heterocycles. The molecule has 6 rings (SSSR count). The molecule has 6 heteroatoms. The van der Waals surface area contributed by atoms with E-state index in [1.54, 1.807) is 6.20 Å². The summed E-state index contributed by atoms with van der Waals surface area (Å²) in [5.41, 5.74) is 4.89. The Morgan fingerprint density at radius 2 is 1.97 bits per heavy atom. The third-order valence-electron chi connectivity index (χ3n) is 10.6. The maximum Gasteiger partial charge on any atom is 0.226 e. The minimum Gasteiger partial charge on any atom is -0.350 e. The minimum absolute atomic E-state index is 0.0491. The van der Waals surface area contributed by atoms with Gasteiger partial charge in [-0.25, -0.2) is 4.52 Å². The van der Waals surface area contributed by atoms with Crippen molar-refractivity contribution in [3.8, 4) is 0 Å². The van der Waals surface area contributed by atoms with Crippen molar-refractivity contribution in [2.24, 2.45) is 34.5 Å². The Hall–Kier alpha value is -2.63. The fourth-order valence-corrected chi connectivity index (χ4v) is 8.98. The SMILES string of the molecule is CC1=C2N(C)C(=O)CC[C@]2(C)[C@@H]2CC[C@]3(C)C(C(=O)NCc4cccc5ccnn45)CC[C@H]3[C@@H]2C1. The number of nitrogens with zero attached hydrogens (tertiary/aromatic N) is 3. The predicted molar refractivity (Wildman–Crippen MR) is 135 cm³/mol. The summed E-state index contributed by atoms with van der Waals surface area (Å²) >= 11 is 0. The van der Waals surface area contributed by atoms with Crippen molar-refractivity contribution in [1.29, 1.82) is 0 Å². The first-order valence-electron chi connectivity index (χ1n) is 13.4. The molecular weight excluding hydrogens is 436 g/mol. The Kier molecular flexibility index (Phi) is 5.17. The summed E-state index contributed by atoms with van der Waals surface area (Å²) < 4.78 is 1.91. The normalized spacial score (nSPS) is 36.7. The van der Waals surface area contributed by atoms with E-state index in [9.17, 15) is 9.59 Å². The van der Waals surface area contributed by atoms with E-state index in [-0.39, 0.29) is 28.6 Å². The maximum atomic E-state index is 13.6. The van der Waals surface area contributed by atoms with E-state index in [1.807, 2.05) is 40.7 Å². The van der Waals surface area contributed by atoms with Crippen molar-refractivity contribution < 1.29 is 9.59 Å². The second-order valence-electron chi connectivity index (χ2n) is 12.2. The molecule has 2 amide bonds. The zero-order chi connectivity index (χ0) is 24.5. The number of carbonyl (C=O) groups is 2. The summed E-state index contributed by atoms with van der Waals surface area (Å²) in [5, 5.41) is 7.68. The van der Waals surface area contributed by atoms with Gasteiger partial charge in [0.1, 0.15) is 0 Å². The van der Waals surface area contributed by atoms with Gasteiger partial charge in [0.15, 0.2) is 0 Å². The van der Waals surface area contributed by atoms with Crippen molar-refractivity contribution >= 4 is 17.3 Å². The summed E-state index contributed by atoms with van der Waals surface area (Å²) in [4.78, 5) is 28.0. The molecule has 35 heavy (non-hydrogen) atoms. The molecule has 1 N–H and O–H groups in total. The number of piperidine rings is 1. The van der Waals surface area contributed by atoms with Gasteiger partial charge in [0.2, 0.25) is 11.8 Å². The summed E-state index contributed by atoms with van der Waals surface area (Å²) in [6.45, 7) is 7.57. The van der Waals surface area contributed by atoms with Crippen LogP contribution >= 0.6 is 0 Å². The van der Waals surface area contributed by atoms with Gasteiger partial charge in [-0.15, -0.1) is 0 Å². The lowest BCUT2D eigenvalue weighted by Gasteiger charge is -2.59. The van der Waals surface area contributed by atoms with Gasteiger partial charge in [-0.05, 0) is 86.8 Å². The number of aromatic nitrogens is 2. The fraction of sp³-hybridized carbons (Fsp3) is 0.621. The van der Waals surface area contributed by atoms with Crippen LogP contribution in [0, 0.1) is 34.5 Å². The van der Waals surface area contributed by atoms with Crippen LogP contribution in [0.4, 0.5) is 0 Å². The number of rotatable bonds is 3. The second-order valence-corrected chi connectivity index (χ2v) is 12.2. The monoisotopic (exact) mass is 474 g/mol. The molecule has 186 valence electrons. The average molecular weight is 475 g/mol. The lowest BCUT2D eigenvalue weighted by Crippen LogP contribution is -2.55. The van der Waals surface area contributed by atoms with Gasteiger partial charge in [-0.1, -0.05) is 25.5 Å². The van der Waals surface area contributed by atoms with Crippen LogP contribution in [0.25, 0.3) is 5.52 Å². The van der Waals surface area contributed by atoms with Gasteiger partial charge in [-0.3, -0.25) is 9.59 Å². The Bertz CT molecular complexity index is 1230. The first-order valence-corrected chi connectivity index (χ1v) is 13.4. The van der Waals surface area contributed by atoms with E-state index >= 15 is 0 Å². The number of hydrogen-bond acceptors (Lipinski definition) is 3. The van der Waals surface area contributed by atoms with Crippen LogP contribution in [0.15, 0.2) is 41.7 Å². The van der Waals surface area contributed by atoms with Crippen molar-refractivity contribution in [2.45, 2.75) is 72.3 Å².